The van der Waals surface area contributed by atoms with E-state index in [0.29, 0.717) is 30.1 Å². The molecule has 134 valence electrons. The molecule has 0 spiro atoms. The van der Waals surface area contributed by atoms with Crippen LogP contribution < -0.4 is 15.8 Å². The number of carbonyl (C=O) groups excluding carboxylic acids is 1. The van der Waals surface area contributed by atoms with E-state index in [2.05, 4.69) is 22.2 Å². The van der Waals surface area contributed by atoms with E-state index in [1.165, 1.54) is 0 Å². The maximum absolute atomic E-state index is 12.6. The first-order valence-electron chi connectivity index (χ1n) is 8.96. The summed E-state index contributed by atoms with van der Waals surface area (Å²) in [5, 5.41) is 3.01. The number of aryl methyl sites for hydroxylation is 1. The fraction of sp³-hybridized carbons (Fsp3) is 0.556. The van der Waals surface area contributed by atoms with Crippen molar-refractivity contribution in [3.63, 3.8) is 0 Å². The molecule has 0 bridgehead atoms. The summed E-state index contributed by atoms with van der Waals surface area (Å²) in [4.78, 5) is 35.5. The van der Waals surface area contributed by atoms with Gasteiger partial charge in [-0.15, -0.1) is 0 Å². The van der Waals surface area contributed by atoms with E-state index in [1.807, 2.05) is 17.0 Å². The molecule has 2 aromatic rings. The zero-order chi connectivity index (χ0) is 17.8. The predicted octanol–water partition coefficient (Wildman–Crippen LogP) is 1.46. The molecule has 0 saturated carbocycles. The van der Waals surface area contributed by atoms with Crippen molar-refractivity contribution in [3.05, 3.63) is 28.7 Å². The Morgan fingerprint density at radius 1 is 1.36 bits per heavy atom. The minimum absolute atomic E-state index is 0.0269. The highest BCUT2D eigenvalue weighted by atomic mass is 16.2. The Morgan fingerprint density at radius 2 is 2.12 bits per heavy atom. The zero-order valence-corrected chi connectivity index (χ0v) is 14.9. The van der Waals surface area contributed by atoms with Gasteiger partial charge in [0, 0.05) is 38.8 Å². The second kappa shape index (κ2) is 7.63. The van der Waals surface area contributed by atoms with Gasteiger partial charge in [0.25, 0.3) is 5.56 Å². The monoisotopic (exact) mass is 343 g/mol. The fourth-order valence-electron chi connectivity index (χ4n) is 3.23. The predicted molar refractivity (Wildman–Crippen MR) is 97.6 cm³/mol. The highest BCUT2D eigenvalue weighted by Crippen LogP contribution is 2.21. The Hall–Kier alpha value is -2.44. The maximum atomic E-state index is 12.6. The summed E-state index contributed by atoms with van der Waals surface area (Å²) in [6.45, 7) is 4.19. The Morgan fingerprint density at radius 3 is 2.84 bits per heavy atom. The average molecular weight is 343 g/mol. The third-order valence-corrected chi connectivity index (χ3v) is 4.80. The van der Waals surface area contributed by atoms with Crippen molar-refractivity contribution in [2.75, 3.05) is 24.5 Å². The number of rotatable bonds is 5. The van der Waals surface area contributed by atoms with E-state index in [4.69, 9.17) is 0 Å². The van der Waals surface area contributed by atoms with Gasteiger partial charge in [-0.25, -0.2) is 9.97 Å². The zero-order valence-electron chi connectivity index (χ0n) is 14.9. The first-order chi connectivity index (χ1) is 12.1. The summed E-state index contributed by atoms with van der Waals surface area (Å²) >= 11 is 0. The summed E-state index contributed by atoms with van der Waals surface area (Å²) in [7, 11) is 1.72. The van der Waals surface area contributed by atoms with Gasteiger partial charge < -0.3 is 10.2 Å². The standard InChI is InChI=1S/C18H25N5O2/c1-3-4-9-20-17(24)13-7-11-23(12-8-13)16-18(25)22(2)15-14(21-16)6-5-10-19-15/h5-6,10,13H,3-4,7-9,11-12H2,1-2H3,(H,20,24). The lowest BCUT2D eigenvalue weighted by Crippen LogP contribution is -2.43. The fourth-order valence-corrected chi connectivity index (χ4v) is 3.23. The summed E-state index contributed by atoms with van der Waals surface area (Å²) in [5.41, 5.74) is 1.15. The third-order valence-electron chi connectivity index (χ3n) is 4.80. The van der Waals surface area contributed by atoms with Gasteiger partial charge in [-0.2, -0.15) is 0 Å². The number of hydrogen-bond donors (Lipinski definition) is 1. The molecule has 0 atom stereocenters. The van der Waals surface area contributed by atoms with Gasteiger partial charge in [-0.3, -0.25) is 14.2 Å². The Labute approximate surface area is 147 Å². The van der Waals surface area contributed by atoms with E-state index >= 15 is 0 Å². The number of fused-ring (bicyclic) bond motifs is 1. The normalized spacial score (nSPS) is 15.5. The molecular formula is C18H25N5O2. The molecule has 0 radical (unpaired) electrons. The summed E-state index contributed by atoms with van der Waals surface area (Å²) < 4.78 is 1.54. The molecule has 25 heavy (non-hydrogen) atoms. The molecule has 1 amide bonds. The van der Waals surface area contributed by atoms with Crippen LogP contribution in [0.5, 0.6) is 0 Å². The molecule has 1 fully saturated rings. The van der Waals surface area contributed by atoms with E-state index in [1.54, 1.807) is 17.8 Å². The molecule has 2 aromatic heterocycles. The molecule has 1 aliphatic heterocycles. The van der Waals surface area contributed by atoms with Crippen molar-refractivity contribution in [2.24, 2.45) is 13.0 Å². The first kappa shape index (κ1) is 17.4. The van der Waals surface area contributed by atoms with Crippen LogP contribution in [0.15, 0.2) is 23.1 Å². The minimum Gasteiger partial charge on any atom is -0.356 e. The number of anilines is 1. The van der Waals surface area contributed by atoms with Gasteiger partial charge in [0.15, 0.2) is 11.5 Å². The molecule has 3 heterocycles. The number of nitrogens with one attached hydrogen (secondary N) is 1. The highest BCUT2D eigenvalue weighted by molar-refractivity contribution is 5.79. The van der Waals surface area contributed by atoms with Crippen LogP contribution in [-0.4, -0.2) is 40.1 Å². The lowest BCUT2D eigenvalue weighted by Gasteiger charge is -2.31. The second-order valence-electron chi connectivity index (χ2n) is 6.55. The maximum Gasteiger partial charge on any atom is 0.294 e. The summed E-state index contributed by atoms with van der Waals surface area (Å²) in [5.74, 6) is 0.614. The molecule has 1 N–H and O–H groups in total. The third kappa shape index (κ3) is 3.65. The number of piperidine rings is 1. The van der Waals surface area contributed by atoms with E-state index in [-0.39, 0.29) is 17.4 Å². The van der Waals surface area contributed by atoms with Crippen LogP contribution in [0.1, 0.15) is 32.6 Å². The number of hydrogen-bond acceptors (Lipinski definition) is 5. The molecule has 0 unspecified atom stereocenters. The van der Waals surface area contributed by atoms with Crippen molar-refractivity contribution < 1.29 is 4.79 Å². The highest BCUT2D eigenvalue weighted by Gasteiger charge is 2.27. The van der Waals surface area contributed by atoms with Crippen LogP contribution in [0.3, 0.4) is 0 Å². The van der Waals surface area contributed by atoms with Crippen LogP contribution in [0.4, 0.5) is 5.82 Å². The summed E-state index contributed by atoms with van der Waals surface area (Å²) in [6, 6.07) is 3.68. The molecule has 0 aromatic carbocycles. The molecule has 1 saturated heterocycles. The van der Waals surface area contributed by atoms with Gasteiger partial charge in [-0.1, -0.05) is 13.3 Å². The van der Waals surface area contributed by atoms with Crippen LogP contribution in [0, 0.1) is 5.92 Å². The molecule has 0 aliphatic carbocycles. The van der Waals surface area contributed by atoms with E-state index in [0.717, 1.165) is 32.2 Å². The Balaban J connectivity index is 1.71. The van der Waals surface area contributed by atoms with Gasteiger partial charge in [0.1, 0.15) is 5.52 Å². The van der Waals surface area contributed by atoms with Crippen LogP contribution in [-0.2, 0) is 11.8 Å². The molecule has 1 aliphatic rings. The van der Waals surface area contributed by atoms with Crippen LogP contribution in [0.2, 0.25) is 0 Å². The van der Waals surface area contributed by atoms with E-state index in [9.17, 15) is 9.59 Å². The van der Waals surface area contributed by atoms with Crippen molar-refractivity contribution in [1.82, 2.24) is 19.9 Å². The van der Waals surface area contributed by atoms with Crippen LogP contribution in [0.25, 0.3) is 11.2 Å². The van der Waals surface area contributed by atoms with Gasteiger partial charge in [0.2, 0.25) is 5.91 Å². The van der Waals surface area contributed by atoms with E-state index < -0.39 is 0 Å². The SMILES string of the molecule is CCCCNC(=O)C1CCN(c2nc3cccnc3n(C)c2=O)CC1. The number of aromatic nitrogens is 3. The quantitative estimate of drug-likeness (QED) is 0.832. The Kier molecular flexibility index (Phi) is 5.31. The number of amides is 1. The lowest BCUT2D eigenvalue weighted by atomic mass is 9.96. The first-order valence-corrected chi connectivity index (χ1v) is 8.96. The number of pyridine rings is 1. The molecule has 3 rings (SSSR count). The Bertz CT molecular complexity index is 809. The number of nitrogens with zero attached hydrogens (tertiary/aromatic N) is 4. The van der Waals surface area contributed by atoms with Crippen molar-refractivity contribution in [2.45, 2.75) is 32.6 Å². The van der Waals surface area contributed by atoms with Crippen LogP contribution >= 0.6 is 0 Å². The van der Waals surface area contributed by atoms with Gasteiger partial charge in [0.05, 0.1) is 0 Å². The second-order valence-corrected chi connectivity index (χ2v) is 6.55. The van der Waals surface area contributed by atoms with Crippen molar-refractivity contribution >= 4 is 22.9 Å². The minimum atomic E-state index is -0.142. The largest absolute Gasteiger partial charge is 0.356 e. The molecule has 7 nitrogen and oxygen atoms in total. The smallest absolute Gasteiger partial charge is 0.294 e. The number of carbonyl (C=O) groups is 1. The average Bonchev–Trinajstić information content (AvgIpc) is 2.65. The lowest BCUT2D eigenvalue weighted by molar-refractivity contribution is -0.125. The van der Waals surface area contributed by atoms with Crippen molar-refractivity contribution in [3.8, 4) is 0 Å². The topological polar surface area (TPSA) is 80.1 Å². The molecule has 7 heteroatoms. The van der Waals surface area contributed by atoms with Crippen molar-refractivity contribution in [1.29, 1.82) is 0 Å². The molecular weight excluding hydrogens is 318 g/mol. The van der Waals surface area contributed by atoms with Gasteiger partial charge >= 0.3 is 0 Å². The van der Waals surface area contributed by atoms with Gasteiger partial charge in [-0.05, 0) is 31.4 Å². The number of unbranched alkanes of at least 4 members (excludes halogenated alkanes) is 1. The summed E-state index contributed by atoms with van der Waals surface area (Å²) in [6.07, 6.45) is 5.23.